The molecule has 3 aromatic heterocycles. The lowest BCUT2D eigenvalue weighted by molar-refractivity contribution is 0.155. The first-order valence-corrected chi connectivity index (χ1v) is 8.96. The summed E-state index contributed by atoms with van der Waals surface area (Å²) in [6, 6.07) is 15.8. The molecule has 0 saturated heterocycles. The smallest absolute Gasteiger partial charge is 0.0984 e. The first kappa shape index (κ1) is 17.2. The van der Waals surface area contributed by atoms with E-state index in [2.05, 4.69) is 27.2 Å². The minimum Gasteiger partial charge on any atom is -0.386 e. The van der Waals surface area contributed by atoms with Crippen LogP contribution in [0.1, 0.15) is 17.4 Å². The number of aliphatic hydroxyl groups excluding tert-OH is 1. The number of aromatic nitrogens is 5. The van der Waals surface area contributed by atoms with Crippen LogP contribution >= 0.6 is 0 Å². The fourth-order valence-corrected chi connectivity index (χ4v) is 3.18. The molecule has 0 amide bonds. The summed E-state index contributed by atoms with van der Waals surface area (Å²) < 4.78 is 3.94. The molecule has 0 spiro atoms. The number of hydrogen-bond acceptors (Lipinski definition) is 4. The van der Waals surface area contributed by atoms with E-state index in [0.717, 1.165) is 35.5 Å². The average molecular weight is 359 g/mol. The van der Waals surface area contributed by atoms with Crippen molar-refractivity contribution < 1.29 is 5.11 Å². The van der Waals surface area contributed by atoms with Gasteiger partial charge in [-0.15, -0.1) is 0 Å². The number of rotatable bonds is 7. The van der Waals surface area contributed by atoms with Crippen molar-refractivity contribution in [1.29, 1.82) is 0 Å². The van der Waals surface area contributed by atoms with Crippen LogP contribution in [0.2, 0.25) is 0 Å². The Labute approximate surface area is 157 Å². The van der Waals surface area contributed by atoms with Gasteiger partial charge < -0.3 is 9.67 Å². The number of benzene rings is 1. The Morgan fingerprint density at radius 3 is 2.63 bits per heavy atom. The van der Waals surface area contributed by atoms with Crippen LogP contribution in [0, 0.1) is 0 Å². The van der Waals surface area contributed by atoms with E-state index in [1.807, 2.05) is 51.8 Å². The molecular weight excluding hydrogens is 338 g/mol. The molecule has 0 aliphatic rings. The fourth-order valence-electron chi connectivity index (χ4n) is 3.18. The van der Waals surface area contributed by atoms with Gasteiger partial charge in [-0.2, -0.15) is 5.10 Å². The maximum Gasteiger partial charge on any atom is 0.0984 e. The van der Waals surface area contributed by atoms with Gasteiger partial charge in [-0.05, 0) is 12.1 Å². The Bertz CT molecular complexity index is 965. The fraction of sp³-hybridized carbons (Fsp3) is 0.190. The largest absolute Gasteiger partial charge is 0.386 e. The summed E-state index contributed by atoms with van der Waals surface area (Å²) in [5.41, 5.74) is 3.90. The van der Waals surface area contributed by atoms with E-state index in [1.165, 1.54) is 0 Å². The van der Waals surface area contributed by atoms with Crippen molar-refractivity contribution in [2.75, 3.05) is 0 Å². The van der Waals surface area contributed by atoms with Gasteiger partial charge >= 0.3 is 0 Å². The maximum atomic E-state index is 10.6. The third kappa shape index (κ3) is 3.96. The second-order valence-electron chi connectivity index (χ2n) is 6.38. The zero-order valence-electron chi connectivity index (χ0n) is 14.9. The summed E-state index contributed by atoms with van der Waals surface area (Å²) in [5.74, 6) is 0. The highest BCUT2D eigenvalue weighted by molar-refractivity contribution is 5.61. The third-order valence-corrected chi connectivity index (χ3v) is 4.57. The highest BCUT2D eigenvalue weighted by Gasteiger charge is 2.16. The van der Waals surface area contributed by atoms with Gasteiger partial charge in [-0.3, -0.25) is 9.67 Å². The normalized spacial score (nSPS) is 12.2. The van der Waals surface area contributed by atoms with Crippen LogP contribution in [0.25, 0.3) is 11.3 Å². The van der Waals surface area contributed by atoms with Crippen molar-refractivity contribution in [3.05, 3.63) is 90.9 Å². The first-order chi connectivity index (χ1) is 13.3. The Hall–Kier alpha value is -3.25. The molecule has 0 bridgehead atoms. The second kappa shape index (κ2) is 7.97. The van der Waals surface area contributed by atoms with Crippen molar-refractivity contribution in [1.82, 2.24) is 24.3 Å². The zero-order valence-corrected chi connectivity index (χ0v) is 14.9. The van der Waals surface area contributed by atoms with Crippen molar-refractivity contribution >= 4 is 0 Å². The number of aryl methyl sites for hydroxylation is 1. The summed E-state index contributed by atoms with van der Waals surface area (Å²) in [5, 5.41) is 14.9. The summed E-state index contributed by atoms with van der Waals surface area (Å²) in [6.07, 6.45) is 9.07. The van der Waals surface area contributed by atoms with Gasteiger partial charge in [-0.25, -0.2) is 4.98 Å². The van der Waals surface area contributed by atoms with Crippen LogP contribution in [0.3, 0.4) is 0 Å². The predicted octanol–water partition coefficient (Wildman–Crippen LogP) is 3.12. The monoisotopic (exact) mass is 359 g/mol. The topological polar surface area (TPSA) is 68.8 Å². The van der Waals surface area contributed by atoms with E-state index >= 15 is 0 Å². The minimum atomic E-state index is -0.639. The molecule has 6 heteroatoms. The molecule has 1 aromatic carbocycles. The van der Waals surface area contributed by atoms with Gasteiger partial charge in [0.1, 0.15) is 0 Å². The lowest BCUT2D eigenvalue weighted by Gasteiger charge is -2.15. The Morgan fingerprint density at radius 1 is 1.00 bits per heavy atom. The third-order valence-electron chi connectivity index (χ3n) is 4.57. The maximum absolute atomic E-state index is 10.6. The highest BCUT2D eigenvalue weighted by Crippen LogP contribution is 2.25. The molecule has 4 rings (SSSR count). The van der Waals surface area contributed by atoms with E-state index in [-0.39, 0.29) is 0 Å². The molecule has 1 N–H and O–H groups in total. The van der Waals surface area contributed by atoms with Crippen molar-refractivity contribution in [3.63, 3.8) is 0 Å². The first-order valence-electron chi connectivity index (χ1n) is 8.96. The van der Waals surface area contributed by atoms with Crippen molar-refractivity contribution in [3.8, 4) is 11.3 Å². The van der Waals surface area contributed by atoms with Gasteiger partial charge in [0.15, 0.2) is 0 Å². The molecule has 6 nitrogen and oxygen atoms in total. The molecule has 0 saturated carbocycles. The van der Waals surface area contributed by atoms with Gasteiger partial charge in [0.05, 0.1) is 24.7 Å². The number of hydrogen-bond donors (Lipinski definition) is 1. The zero-order chi connectivity index (χ0) is 18.5. The van der Waals surface area contributed by atoms with Gasteiger partial charge in [0.25, 0.3) is 0 Å². The van der Waals surface area contributed by atoms with Crippen LogP contribution in [-0.4, -0.2) is 29.4 Å². The molecule has 1 unspecified atom stereocenters. The Balaban J connectivity index is 1.63. The van der Waals surface area contributed by atoms with Crippen LogP contribution in [0.4, 0.5) is 0 Å². The highest BCUT2D eigenvalue weighted by atomic mass is 16.3. The molecule has 0 radical (unpaired) electrons. The quantitative estimate of drug-likeness (QED) is 0.550. The SMILES string of the molecule is OC(Cn1cnc(-c2ccccc2)c1CCn1cccn1)c1cccnc1. The van der Waals surface area contributed by atoms with Crippen molar-refractivity contribution in [2.45, 2.75) is 25.6 Å². The predicted molar refractivity (Wildman–Crippen MR) is 103 cm³/mol. The lowest BCUT2D eigenvalue weighted by atomic mass is 10.1. The minimum absolute atomic E-state index is 0.431. The van der Waals surface area contributed by atoms with Gasteiger partial charge in [0.2, 0.25) is 0 Å². The lowest BCUT2D eigenvalue weighted by Crippen LogP contribution is -2.13. The molecule has 0 fully saturated rings. The summed E-state index contributed by atoms with van der Waals surface area (Å²) >= 11 is 0. The molecule has 1 atom stereocenters. The molecule has 27 heavy (non-hydrogen) atoms. The summed E-state index contributed by atoms with van der Waals surface area (Å²) in [7, 11) is 0. The van der Waals surface area contributed by atoms with E-state index in [4.69, 9.17) is 0 Å². The summed E-state index contributed by atoms with van der Waals surface area (Å²) in [6.45, 7) is 1.18. The Kier molecular flexibility index (Phi) is 5.07. The van der Waals surface area contributed by atoms with Crippen LogP contribution in [0.15, 0.2) is 79.6 Å². The Morgan fingerprint density at radius 2 is 1.89 bits per heavy atom. The summed E-state index contributed by atoms with van der Waals surface area (Å²) in [4.78, 5) is 8.74. The van der Waals surface area contributed by atoms with Gasteiger partial charge in [0, 0.05) is 54.6 Å². The van der Waals surface area contributed by atoms with Crippen LogP contribution in [-0.2, 0) is 19.5 Å². The second-order valence-corrected chi connectivity index (χ2v) is 6.38. The number of imidazole rings is 1. The van der Waals surface area contributed by atoms with Gasteiger partial charge in [-0.1, -0.05) is 36.4 Å². The number of pyridine rings is 1. The van der Waals surface area contributed by atoms with E-state index in [9.17, 15) is 5.11 Å². The average Bonchev–Trinajstić information content (AvgIpc) is 3.37. The number of aliphatic hydroxyl groups is 1. The molecular formula is C21H21N5O. The number of nitrogens with zero attached hydrogens (tertiary/aromatic N) is 5. The molecule has 4 aromatic rings. The standard InChI is InChI=1S/C21H21N5O/c27-20(18-8-4-10-22-14-18)15-25-16-23-21(17-6-2-1-3-7-17)19(25)9-13-26-12-5-11-24-26/h1-8,10-12,14,16,20,27H,9,13,15H2. The molecule has 0 aliphatic carbocycles. The molecule has 3 heterocycles. The van der Waals surface area contributed by atoms with E-state index in [0.29, 0.717) is 6.54 Å². The van der Waals surface area contributed by atoms with Crippen LogP contribution < -0.4 is 0 Å². The van der Waals surface area contributed by atoms with Crippen molar-refractivity contribution in [2.24, 2.45) is 0 Å². The van der Waals surface area contributed by atoms with Crippen LogP contribution in [0.5, 0.6) is 0 Å². The van der Waals surface area contributed by atoms with E-state index < -0.39 is 6.10 Å². The molecule has 136 valence electrons. The molecule has 0 aliphatic heterocycles. The van der Waals surface area contributed by atoms with E-state index in [1.54, 1.807) is 24.9 Å².